The lowest BCUT2D eigenvalue weighted by Gasteiger charge is -2.15. The highest BCUT2D eigenvalue weighted by molar-refractivity contribution is 5.34. The zero-order chi connectivity index (χ0) is 17.6. The van der Waals surface area contributed by atoms with E-state index in [1.165, 1.54) is 18.5 Å². The van der Waals surface area contributed by atoms with Gasteiger partial charge >= 0.3 is 0 Å². The fraction of sp³-hybridized carbons (Fsp3) is 0.235. The van der Waals surface area contributed by atoms with Gasteiger partial charge in [-0.15, -0.1) is 5.10 Å². The minimum atomic E-state index is -0.703. The Morgan fingerprint density at radius 2 is 1.96 bits per heavy atom. The molecular weight excluding hydrogens is 328 g/mol. The van der Waals surface area contributed by atoms with E-state index in [0.29, 0.717) is 6.54 Å². The molecule has 3 aromatic rings. The summed E-state index contributed by atoms with van der Waals surface area (Å²) in [6.45, 7) is 2.81. The summed E-state index contributed by atoms with van der Waals surface area (Å²) in [4.78, 5) is 0. The average molecular weight is 345 g/mol. The maximum Gasteiger partial charge on any atom is 0.167 e. The molecule has 0 spiro atoms. The molecule has 130 valence electrons. The normalized spacial score (nSPS) is 12.1. The predicted molar refractivity (Wildman–Crippen MR) is 87.4 cm³/mol. The van der Waals surface area contributed by atoms with Crippen LogP contribution in [0.25, 0.3) is 5.69 Å². The molecule has 3 rings (SSSR count). The molecular formula is C17H17F2N5O. The molecule has 1 heterocycles. The molecule has 0 aliphatic rings. The lowest BCUT2D eigenvalue weighted by atomic mass is 10.1. The van der Waals surface area contributed by atoms with Gasteiger partial charge in [-0.3, -0.25) is 0 Å². The Hall–Kier alpha value is -2.87. The van der Waals surface area contributed by atoms with Crippen molar-refractivity contribution in [2.45, 2.75) is 13.0 Å². The number of ether oxygens (including phenoxy) is 1. The van der Waals surface area contributed by atoms with Crippen molar-refractivity contribution in [3.05, 3.63) is 66.0 Å². The van der Waals surface area contributed by atoms with Crippen molar-refractivity contribution in [1.29, 1.82) is 0 Å². The number of nitrogens with zero attached hydrogens (tertiary/aromatic N) is 4. The number of nitrogens with one attached hydrogen (secondary N) is 1. The third-order valence-electron chi connectivity index (χ3n) is 3.71. The summed E-state index contributed by atoms with van der Waals surface area (Å²) < 4.78 is 33.2. The highest BCUT2D eigenvalue weighted by atomic mass is 19.1. The molecule has 8 heteroatoms. The molecule has 6 nitrogen and oxygen atoms in total. The molecule has 0 radical (unpaired) electrons. The first-order valence-electron chi connectivity index (χ1n) is 7.78. The molecule has 0 saturated carbocycles. The Bertz CT molecular complexity index is 808. The minimum Gasteiger partial charge on any atom is -0.489 e. The largest absolute Gasteiger partial charge is 0.489 e. The molecule has 1 N–H and O–H groups in total. The number of hydrogen-bond acceptors (Lipinski definition) is 5. The summed E-state index contributed by atoms with van der Waals surface area (Å²) in [7, 11) is 0. The molecule has 0 aliphatic carbocycles. The van der Waals surface area contributed by atoms with E-state index in [9.17, 15) is 8.78 Å². The van der Waals surface area contributed by atoms with E-state index in [1.807, 2.05) is 31.2 Å². The summed E-state index contributed by atoms with van der Waals surface area (Å²) in [6.07, 6.45) is 1.53. The molecule has 2 aromatic carbocycles. The Balaban J connectivity index is 1.48. The first-order chi connectivity index (χ1) is 12.1. The maximum atomic E-state index is 13.5. The second-order valence-electron chi connectivity index (χ2n) is 5.44. The van der Waals surface area contributed by atoms with Gasteiger partial charge in [-0.05, 0) is 47.2 Å². The Labute approximate surface area is 143 Å². The molecule has 0 bridgehead atoms. The smallest absolute Gasteiger partial charge is 0.167 e. The van der Waals surface area contributed by atoms with Crippen LogP contribution in [-0.2, 0) is 0 Å². The van der Waals surface area contributed by atoms with Crippen LogP contribution in [0.2, 0.25) is 0 Å². The SMILES string of the molecule is C[C@H](NCCOc1ccc(F)cc1F)c1ccc(-n2cnnn2)cc1. The van der Waals surface area contributed by atoms with Gasteiger partial charge in [0.05, 0.1) is 5.69 Å². The van der Waals surface area contributed by atoms with Gasteiger partial charge in [0.25, 0.3) is 0 Å². The minimum absolute atomic E-state index is 0.0432. The highest BCUT2D eigenvalue weighted by Crippen LogP contribution is 2.18. The van der Waals surface area contributed by atoms with Crippen molar-refractivity contribution >= 4 is 0 Å². The standard InChI is InChI=1S/C17H17F2N5O/c1-12(13-2-5-15(6-3-13)24-11-21-22-23-24)20-8-9-25-17-7-4-14(18)10-16(17)19/h2-7,10-12,20H,8-9H2,1H3/t12-/m0/s1. The van der Waals surface area contributed by atoms with Gasteiger partial charge in [-0.2, -0.15) is 0 Å². The maximum absolute atomic E-state index is 13.5. The number of benzene rings is 2. The first-order valence-corrected chi connectivity index (χ1v) is 7.78. The molecule has 25 heavy (non-hydrogen) atoms. The van der Waals surface area contributed by atoms with E-state index < -0.39 is 11.6 Å². The quantitative estimate of drug-likeness (QED) is 0.667. The van der Waals surface area contributed by atoms with Gasteiger partial charge < -0.3 is 10.1 Å². The third kappa shape index (κ3) is 4.36. The second-order valence-corrected chi connectivity index (χ2v) is 5.44. The lowest BCUT2D eigenvalue weighted by Crippen LogP contribution is -2.24. The average Bonchev–Trinajstić information content (AvgIpc) is 3.15. The summed E-state index contributed by atoms with van der Waals surface area (Å²) >= 11 is 0. The van der Waals surface area contributed by atoms with Crippen LogP contribution in [0.15, 0.2) is 48.8 Å². The highest BCUT2D eigenvalue weighted by Gasteiger charge is 2.07. The van der Waals surface area contributed by atoms with Crippen molar-refractivity contribution in [3.8, 4) is 11.4 Å². The number of rotatable bonds is 7. The Morgan fingerprint density at radius 3 is 2.64 bits per heavy atom. The van der Waals surface area contributed by atoms with Gasteiger partial charge in [-0.25, -0.2) is 13.5 Å². The topological polar surface area (TPSA) is 64.9 Å². The molecule has 1 atom stereocenters. The van der Waals surface area contributed by atoms with Crippen LogP contribution in [0.4, 0.5) is 8.78 Å². The van der Waals surface area contributed by atoms with Gasteiger partial charge in [0, 0.05) is 18.7 Å². The van der Waals surface area contributed by atoms with E-state index >= 15 is 0 Å². The van der Waals surface area contributed by atoms with Gasteiger partial charge in [0.2, 0.25) is 0 Å². The fourth-order valence-corrected chi connectivity index (χ4v) is 2.34. The summed E-state index contributed by atoms with van der Waals surface area (Å²) in [5.74, 6) is -1.28. The van der Waals surface area contributed by atoms with Crippen LogP contribution in [0.1, 0.15) is 18.5 Å². The summed E-state index contributed by atoms with van der Waals surface area (Å²) in [6, 6.07) is 11.2. The third-order valence-corrected chi connectivity index (χ3v) is 3.71. The van der Waals surface area contributed by atoms with Crippen LogP contribution in [-0.4, -0.2) is 33.4 Å². The zero-order valence-corrected chi connectivity index (χ0v) is 13.6. The van der Waals surface area contributed by atoms with Crippen LogP contribution >= 0.6 is 0 Å². The Morgan fingerprint density at radius 1 is 1.16 bits per heavy atom. The molecule has 0 amide bonds. The molecule has 0 fully saturated rings. The van der Waals surface area contributed by atoms with Crippen LogP contribution in [0.5, 0.6) is 5.75 Å². The second kappa shape index (κ2) is 7.80. The van der Waals surface area contributed by atoms with E-state index in [4.69, 9.17) is 4.74 Å². The van der Waals surface area contributed by atoms with Gasteiger partial charge in [-0.1, -0.05) is 12.1 Å². The van der Waals surface area contributed by atoms with Gasteiger partial charge in [0.15, 0.2) is 11.6 Å². The van der Waals surface area contributed by atoms with E-state index in [0.717, 1.165) is 17.3 Å². The summed E-state index contributed by atoms with van der Waals surface area (Å²) in [5.41, 5.74) is 1.96. The van der Waals surface area contributed by atoms with E-state index in [-0.39, 0.29) is 18.4 Å². The van der Waals surface area contributed by atoms with Crippen LogP contribution < -0.4 is 10.1 Å². The fourth-order valence-electron chi connectivity index (χ4n) is 2.34. The first kappa shape index (κ1) is 17.0. The summed E-state index contributed by atoms with van der Waals surface area (Å²) in [5, 5.41) is 14.3. The zero-order valence-electron chi connectivity index (χ0n) is 13.6. The number of aromatic nitrogens is 4. The number of halogens is 2. The lowest BCUT2D eigenvalue weighted by molar-refractivity contribution is 0.292. The molecule has 0 unspecified atom stereocenters. The van der Waals surface area contributed by atoms with E-state index in [2.05, 4.69) is 20.8 Å². The Kier molecular flexibility index (Phi) is 5.30. The number of hydrogen-bond donors (Lipinski definition) is 1. The number of tetrazole rings is 1. The van der Waals surface area contributed by atoms with Crippen molar-refractivity contribution < 1.29 is 13.5 Å². The van der Waals surface area contributed by atoms with Crippen molar-refractivity contribution in [2.75, 3.05) is 13.2 Å². The molecule has 0 saturated heterocycles. The van der Waals surface area contributed by atoms with Crippen LogP contribution in [0, 0.1) is 11.6 Å². The van der Waals surface area contributed by atoms with E-state index in [1.54, 1.807) is 4.68 Å². The monoisotopic (exact) mass is 345 g/mol. The van der Waals surface area contributed by atoms with Crippen molar-refractivity contribution in [2.24, 2.45) is 0 Å². The predicted octanol–water partition coefficient (Wildman–Crippen LogP) is 2.67. The van der Waals surface area contributed by atoms with Crippen LogP contribution in [0.3, 0.4) is 0 Å². The molecule has 0 aliphatic heterocycles. The van der Waals surface area contributed by atoms with Crippen molar-refractivity contribution in [1.82, 2.24) is 25.5 Å². The molecule has 1 aromatic heterocycles. The van der Waals surface area contributed by atoms with Crippen molar-refractivity contribution in [3.63, 3.8) is 0 Å². The van der Waals surface area contributed by atoms with Gasteiger partial charge in [0.1, 0.15) is 18.8 Å².